The summed E-state index contributed by atoms with van der Waals surface area (Å²) in [5, 5.41) is 14.7. The van der Waals surface area contributed by atoms with Crippen molar-refractivity contribution in [1.29, 1.82) is 0 Å². The summed E-state index contributed by atoms with van der Waals surface area (Å²) in [6.45, 7) is 1.57. The van der Waals surface area contributed by atoms with E-state index >= 15 is 0 Å². The van der Waals surface area contributed by atoms with Gasteiger partial charge in [0.05, 0.1) is 5.54 Å². The number of amides is 2. The van der Waals surface area contributed by atoms with Gasteiger partial charge < -0.3 is 15.7 Å². The lowest BCUT2D eigenvalue weighted by Gasteiger charge is -2.39. The lowest BCUT2D eigenvalue weighted by Crippen LogP contribution is -2.53. The highest BCUT2D eigenvalue weighted by atomic mass is 19.1. The molecule has 1 aliphatic carbocycles. The summed E-state index contributed by atoms with van der Waals surface area (Å²) in [5.74, 6) is 0. The zero-order valence-electron chi connectivity index (χ0n) is 8.14. The van der Waals surface area contributed by atoms with E-state index in [0.717, 1.165) is 0 Å². The van der Waals surface area contributed by atoms with Crippen molar-refractivity contribution in [3.8, 4) is 0 Å². The molecule has 1 saturated heterocycles. The molecule has 2 amide bonds. The normalized spacial score (nSPS) is 47.6. The maximum Gasteiger partial charge on any atom is 0.317 e. The van der Waals surface area contributed by atoms with Crippen LogP contribution in [0.5, 0.6) is 0 Å². The number of alkyl halides is 1. The average Bonchev–Trinajstić information content (AvgIpc) is 2.35. The topological polar surface area (TPSA) is 61.4 Å². The average molecular weight is 202 g/mol. The second kappa shape index (κ2) is 2.82. The van der Waals surface area contributed by atoms with Gasteiger partial charge in [-0.3, -0.25) is 0 Å². The molecule has 0 aromatic heterocycles. The van der Waals surface area contributed by atoms with Crippen LogP contribution in [0.2, 0.25) is 0 Å². The molecular formula is C9H15FN2O2. The van der Waals surface area contributed by atoms with Gasteiger partial charge in [-0.1, -0.05) is 0 Å². The van der Waals surface area contributed by atoms with E-state index < -0.39 is 17.4 Å². The van der Waals surface area contributed by atoms with Gasteiger partial charge in [0, 0.05) is 0 Å². The van der Waals surface area contributed by atoms with E-state index in [9.17, 15) is 14.3 Å². The maximum absolute atomic E-state index is 13.5. The smallest absolute Gasteiger partial charge is 0.317 e. The fraction of sp³-hybridized carbons (Fsp3) is 0.889. The molecule has 0 radical (unpaired) electrons. The first-order valence-electron chi connectivity index (χ1n) is 4.89. The lowest BCUT2D eigenvalue weighted by atomic mass is 9.75. The van der Waals surface area contributed by atoms with Gasteiger partial charge in [-0.25, -0.2) is 9.18 Å². The minimum absolute atomic E-state index is 0.361. The Kier molecular flexibility index (Phi) is 1.96. The first-order chi connectivity index (χ1) is 6.44. The molecule has 1 atom stereocenters. The molecular weight excluding hydrogens is 187 g/mol. The van der Waals surface area contributed by atoms with Crippen molar-refractivity contribution in [1.82, 2.24) is 10.6 Å². The molecule has 5 heteroatoms. The van der Waals surface area contributed by atoms with Crippen molar-refractivity contribution in [2.24, 2.45) is 0 Å². The molecule has 1 saturated carbocycles. The maximum atomic E-state index is 13.5. The molecule has 2 aliphatic rings. The van der Waals surface area contributed by atoms with Gasteiger partial charge in [0.2, 0.25) is 0 Å². The molecule has 1 aliphatic heterocycles. The zero-order chi connectivity index (χ0) is 10.4. The van der Waals surface area contributed by atoms with Crippen LogP contribution in [0.3, 0.4) is 0 Å². The Morgan fingerprint density at radius 2 is 2.00 bits per heavy atom. The van der Waals surface area contributed by atoms with Crippen molar-refractivity contribution in [2.75, 3.05) is 0 Å². The van der Waals surface area contributed by atoms with Crippen molar-refractivity contribution in [3.05, 3.63) is 0 Å². The Balaban J connectivity index is 2.09. The van der Waals surface area contributed by atoms with E-state index in [4.69, 9.17) is 0 Å². The van der Waals surface area contributed by atoms with Gasteiger partial charge in [-0.15, -0.1) is 0 Å². The van der Waals surface area contributed by atoms with Crippen LogP contribution >= 0.6 is 0 Å². The third-order valence-corrected chi connectivity index (χ3v) is 3.34. The third-order valence-electron chi connectivity index (χ3n) is 3.34. The summed E-state index contributed by atoms with van der Waals surface area (Å²) < 4.78 is 13.5. The first-order valence-corrected chi connectivity index (χ1v) is 4.89. The second-order valence-electron chi connectivity index (χ2n) is 4.57. The predicted molar refractivity (Wildman–Crippen MR) is 48.4 cm³/mol. The Bertz CT molecular complexity index is 258. The molecule has 3 N–H and O–H groups in total. The molecule has 0 bridgehead atoms. The number of halogens is 1. The molecule has 80 valence electrons. The first kappa shape index (κ1) is 9.71. The molecule has 2 rings (SSSR count). The number of hydrogen-bond acceptors (Lipinski definition) is 2. The van der Waals surface area contributed by atoms with E-state index in [1.807, 2.05) is 0 Å². The highest BCUT2D eigenvalue weighted by Crippen LogP contribution is 2.39. The Morgan fingerprint density at radius 1 is 1.43 bits per heavy atom. The van der Waals surface area contributed by atoms with Crippen LogP contribution < -0.4 is 10.6 Å². The van der Waals surface area contributed by atoms with Crippen LogP contribution in [-0.4, -0.2) is 28.6 Å². The molecule has 1 spiro atoms. The number of aliphatic hydroxyl groups is 1. The fourth-order valence-electron chi connectivity index (χ4n) is 2.21. The Labute approximate surface area is 81.9 Å². The van der Waals surface area contributed by atoms with Gasteiger partial charge in [-0.05, 0) is 32.6 Å². The molecule has 0 aromatic carbocycles. The van der Waals surface area contributed by atoms with Crippen molar-refractivity contribution in [3.63, 3.8) is 0 Å². The van der Waals surface area contributed by atoms with E-state index in [1.54, 1.807) is 6.92 Å². The fourth-order valence-corrected chi connectivity index (χ4v) is 2.21. The number of aliphatic hydroxyl groups excluding tert-OH is 1. The van der Waals surface area contributed by atoms with E-state index in [1.165, 1.54) is 0 Å². The predicted octanol–water partition coefficient (Wildman–Crippen LogP) is 0.659. The van der Waals surface area contributed by atoms with Crippen molar-refractivity contribution >= 4 is 6.03 Å². The lowest BCUT2D eigenvalue weighted by molar-refractivity contribution is 0.0124. The van der Waals surface area contributed by atoms with Crippen LogP contribution in [0, 0.1) is 0 Å². The van der Waals surface area contributed by atoms with Crippen molar-refractivity contribution in [2.45, 2.75) is 50.0 Å². The summed E-state index contributed by atoms with van der Waals surface area (Å²) >= 11 is 0. The summed E-state index contributed by atoms with van der Waals surface area (Å²) in [4.78, 5) is 11.0. The van der Waals surface area contributed by atoms with Gasteiger partial charge in [0.1, 0.15) is 5.67 Å². The zero-order valence-corrected chi connectivity index (χ0v) is 8.14. The largest absolute Gasteiger partial charge is 0.371 e. The summed E-state index contributed by atoms with van der Waals surface area (Å²) in [6, 6.07) is -0.361. The summed E-state index contributed by atoms with van der Waals surface area (Å²) in [7, 11) is 0. The molecule has 4 nitrogen and oxygen atoms in total. The Morgan fingerprint density at radius 3 is 2.43 bits per heavy atom. The number of rotatable bonds is 0. The second-order valence-corrected chi connectivity index (χ2v) is 4.57. The molecule has 1 unspecified atom stereocenters. The van der Waals surface area contributed by atoms with E-state index in [2.05, 4.69) is 10.6 Å². The number of nitrogens with one attached hydrogen (secondary N) is 2. The minimum atomic E-state index is -1.15. The minimum Gasteiger partial charge on any atom is -0.371 e. The SMILES string of the molecule is CC1(F)CCC2(CC1)NC(=O)NC2O. The quantitative estimate of drug-likeness (QED) is 0.540. The van der Waals surface area contributed by atoms with Gasteiger partial charge in [-0.2, -0.15) is 0 Å². The number of urea groups is 1. The number of carbonyl (C=O) groups excluding carboxylic acids is 1. The Hall–Kier alpha value is -0.840. The van der Waals surface area contributed by atoms with E-state index in [-0.39, 0.29) is 6.03 Å². The molecule has 2 fully saturated rings. The highest BCUT2D eigenvalue weighted by Gasteiger charge is 2.50. The van der Waals surface area contributed by atoms with Crippen LogP contribution in [0.1, 0.15) is 32.6 Å². The van der Waals surface area contributed by atoms with Gasteiger partial charge in [0.15, 0.2) is 6.23 Å². The third kappa shape index (κ3) is 1.45. The molecule has 1 heterocycles. The molecule has 0 aromatic rings. The van der Waals surface area contributed by atoms with Crippen molar-refractivity contribution < 1.29 is 14.3 Å². The summed E-state index contributed by atoms with van der Waals surface area (Å²) in [5.41, 5.74) is -1.79. The number of carbonyl (C=O) groups is 1. The van der Waals surface area contributed by atoms with Gasteiger partial charge in [0.25, 0.3) is 0 Å². The van der Waals surface area contributed by atoms with Crippen LogP contribution in [-0.2, 0) is 0 Å². The molecule has 14 heavy (non-hydrogen) atoms. The van der Waals surface area contributed by atoms with Crippen LogP contribution in [0.15, 0.2) is 0 Å². The summed E-state index contributed by atoms with van der Waals surface area (Å²) in [6.07, 6.45) is 0.851. The highest BCUT2D eigenvalue weighted by molar-refractivity contribution is 5.78. The number of hydrogen-bond donors (Lipinski definition) is 3. The van der Waals surface area contributed by atoms with E-state index in [0.29, 0.717) is 25.7 Å². The van der Waals surface area contributed by atoms with Crippen LogP contribution in [0.25, 0.3) is 0 Å². The standard InChI is InChI=1S/C9H15FN2O2/c1-8(10)2-4-9(5-3-8)6(13)11-7(14)12-9/h6,13H,2-5H2,1H3,(H2,11,12,14). The van der Waals surface area contributed by atoms with Gasteiger partial charge >= 0.3 is 6.03 Å². The van der Waals surface area contributed by atoms with Crippen LogP contribution in [0.4, 0.5) is 9.18 Å². The monoisotopic (exact) mass is 202 g/mol.